The quantitative estimate of drug-likeness (QED) is 0.761. The number of piperazine rings is 1. The highest BCUT2D eigenvalue weighted by molar-refractivity contribution is 5.95. The van der Waals surface area contributed by atoms with Gasteiger partial charge in [-0.3, -0.25) is 14.5 Å². The number of ether oxygens (including phenoxy) is 1. The minimum absolute atomic E-state index is 0.0732. The van der Waals surface area contributed by atoms with Gasteiger partial charge in [-0.2, -0.15) is 0 Å². The zero-order valence-electron chi connectivity index (χ0n) is 18.0. The van der Waals surface area contributed by atoms with Crippen LogP contribution in [0.4, 0.5) is 5.69 Å². The summed E-state index contributed by atoms with van der Waals surface area (Å²) in [5.74, 6) is 1.86. The monoisotopic (exact) mass is 401 g/mol. The van der Waals surface area contributed by atoms with Crippen molar-refractivity contribution in [2.75, 3.05) is 38.6 Å². The molecule has 0 aromatic heterocycles. The third-order valence-electron chi connectivity index (χ3n) is 6.12. The van der Waals surface area contributed by atoms with Gasteiger partial charge in [0.05, 0.1) is 13.2 Å². The first kappa shape index (κ1) is 21.6. The van der Waals surface area contributed by atoms with Gasteiger partial charge in [0.2, 0.25) is 11.8 Å². The minimum atomic E-state index is -0.123. The predicted octanol–water partition coefficient (Wildman–Crippen LogP) is 3.38. The van der Waals surface area contributed by atoms with E-state index >= 15 is 0 Å². The molecule has 1 saturated heterocycles. The number of anilines is 1. The van der Waals surface area contributed by atoms with Crippen molar-refractivity contribution in [2.45, 2.75) is 52.0 Å². The summed E-state index contributed by atoms with van der Waals surface area (Å²) in [6, 6.07) is 7.36. The van der Waals surface area contributed by atoms with Crippen molar-refractivity contribution in [2.24, 2.45) is 11.8 Å². The van der Waals surface area contributed by atoms with E-state index < -0.39 is 0 Å². The van der Waals surface area contributed by atoms with E-state index in [1.807, 2.05) is 29.2 Å². The molecule has 0 spiro atoms. The van der Waals surface area contributed by atoms with Crippen molar-refractivity contribution >= 4 is 17.5 Å². The number of carbonyl (C=O) groups is 2. The van der Waals surface area contributed by atoms with Crippen LogP contribution in [-0.2, 0) is 9.59 Å². The number of rotatable bonds is 7. The van der Waals surface area contributed by atoms with E-state index in [4.69, 9.17) is 4.74 Å². The Labute approximate surface area is 174 Å². The Morgan fingerprint density at radius 1 is 1.07 bits per heavy atom. The van der Waals surface area contributed by atoms with E-state index in [-0.39, 0.29) is 17.9 Å². The summed E-state index contributed by atoms with van der Waals surface area (Å²) in [5.41, 5.74) is 0.796. The fraction of sp³-hybridized carbons (Fsp3) is 0.652. The third-order valence-corrected chi connectivity index (χ3v) is 6.12. The number of hydrogen-bond donors (Lipinski definition) is 1. The first-order valence-electron chi connectivity index (χ1n) is 10.9. The molecule has 3 rings (SSSR count). The highest BCUT2D eigenvalue weighted by Crippen LogP contribution is 2.32. The lowest BCUT2D eigenvalue weighted by Crippen LogP contribution is -2.57. The SMILES string of the molecule is COc1ccc(NC(=O)[C@@H](C2CCCC2)N2CCN(C(=O)CC(C)C)CC2)cc1. The highest BCUT2D eigenvalue weighted by atomic mass is 16.5. The topological polar surface area (TPSA) is 61.9 Å². The van der Waals surface area contributed by atoms with Crippen LogP contribution in [0.15, 0.2) is 24.3 Å². The van der Waals surface area contributed by atoms with E-state index in [1.54, 1.807) is 7.11 Å². The van der Waals surface area contributed by atoms with Gasteiger partial charge in [-0.1, -0.05) is 26.7 Å². The normalized spacial score (nSPS) is 19.4. The summed E-state index contributed by atoms with van der Waals surface area (Å²) in [4.78, 5) is 29.9. The van der Waals surface area contributed by atoms with E-state index in [0.717, 1.165) is 37.4 Å². The van der Waals surface area contributed by atoms with E-state index in [2.05, 4.69) is 24.1 Å². The van der Waals surface area contributed by atoms with Gasteiger partial charge in [-0.15, -0.1) is 0 Å². The number of nitrogens with zero attached hydrogens (tertiary/aromatic N) is 2. The second-order valence-electron chi connectivity index (χ2n) is 8.72. The number of amides is 2. The largest absolute Gasteiger partial charge is 0.497 e. The van der Waals surface area contributed by atoms with Crippen molar-refractivity contribution in [3.63, 3.8) is 0 Å². The number of benzene rings is 1. The van der Waals surface area contributed by atoms with Crippen LogP contribution in [0, 0.1) is 11.8 Å². The van der Waals surface area contributed by atoms with Crippen LogP contribution in [0.2, 0.25) is 0 Å². The molecule has 1 aliphatic carbocycles. The van der Waals surface area contributed by atoms with Crippen molar-refractivity contribution in [3.8, 4) is 5.75 Å². The van der Waals surface area contributed by atoms with Crippen molar-refractivity contribution < 1.29 is 14.3 Å². The lowest BCUT2D eigenvalue weighted by molar-refractivity contribution is -0.135. The Morgan fingerprint density at radius 2 is 1.69 bits per heavy atom. The van der Waals surface area contributed by atoms with Gasteiger partial charge in [0.15, 0.2) is 0 Å². The average molecular weight is 402 g/mol. The summed E-state index contributed by atoms with van der Waals surface area (Å²) in [7, 11) is 1.63. The molecule has 1 aliphatic heterocycles. The molecule has 1 N–H and O–H groups in total. The van der Waals surface area contributed by atoms with Gasteiger partial charge in [-0.05, 0) is 48.9 Å². The van der Waals surface area contributed by atoms with Crippen molar-refractivity contribution in [1.82, 2.24) is 9.80 Å². The number of carbonyl (C=O) groups excluding carboxylic acids is 2. The number of methoxy groups -OCH3 is 1. The zero-order valence-corrected chi connectivity index (χ0v) is 18.0. The molecule has 160 valence electrons. The molecule has 2 aliphatic rings. The minimum Gasteiger partial charge on any atom is -0.497 e. The molecule has 1 atom stereocenters. The molecular formula is C23H35N3O3. The predicted molar refractivity (Wildman–Crippen MR) is 115 cm³/mol. The van der Waals surface area contributed by atoms with Crippen LogP contribution in [0.1, 0.15) is 46.0 Å². The standard InChI is InChI=1S/C23H35N3O3/c1-17(2)16-21(27)25-12-14-26(15-13-25)22(18-6-4-5-7-18)23(28)24-19-8-10-20(29-3)11-9-19/h8-11,17-18,22H,4-7,12-16H2,1-3H3,(H,24,28)/t22-/m1/s1. The van der Waals surface area contributed by atoms with Crippen LogP contribution in [0.5, 0.6) is 5.75 Å². The molecule has 2 amide bonds. The maximum Gasteiger partial charge on any atom is 0.242 e. The van der Waals surface area contributed by atoms with Gasteiger partial charge in [-0.25, -0.2) is 0 Å². The summed E-state index contributed by atoms with van der Waals surface area (Å²) in [6.07, 6.45) is 5.21. The van der Waals surface area contributed by atoms with Gasteiger partial charge in [0.1, 0.15) is 5.75 Å². The second-order valence-corrected chi connectivity index (χ2v) is 8.72. The van der Waals surface area contributed by atoms with Crippen molar-refractivity contribution in [1.29, 1.82) is 0 Å². The zero-order chi connectivity index (χ0) is 20.8. The molecule has 2 fully saturated rings. The van der Waals surface area contributed by atoms with Gasteiger partial charge in [0, 0.05) is 38.3 Å². The van der Waals surface area contributed by atoms with Crippen LogP contribution >= 0.6 is 0 Å². The Bertz CT molecular complexity index is 675. The number of hydrogen-bond acceptors (Lipinski definition) is 4. The van der Waals surface area contributed by atoms with Crippen LogP contribution in [-0.4, -0.2) is 60.9 Å². The lowest BCUT2D eigenvalue weighted by atomic mass is 9.94. The summed E-state index contributed by atoms with van der Waals surface area (Å²) >= 11 is 0. The molecule has 0 unspecified atom stereocenters. The summed E-state index contributed by atoms with van der Waals surface area (Å²) in [6.45, 7) is 7.11. The Balaban J connectivity index is 1.64. The molecular weight excluding hydrogens is 366 g/mol. The molecule has 1 saturated carbocycles. The first-order valence-corrected chi connectivity index (χ1v) is 10.9. The number of nitrogens with one attached hydrogen (secondary N) is 1. The summed E-state index contributed by atoms with van der Waals surface area (Å²) < 4.78 is 5.20. The Hall–Kier alpha value is -2.08. The van der Waals surface area contributed by atoms with Crippen LogP contribution in [0.25, 0.3) is 0 Å². The Kier molecular flexibility index (Phi) is 7.53. The molecule has 1 aromatic rings. The molecule has 6 nitrogen and oxygen atoms in total. The lowest BCUT2D eigenvalue weighted by Gasteiger charge is -2.41. The molecule has 29 heavy (non-hydrogen) atoms. The smallest absolute Gasteiger partial charge is 0.242 e. The van der Waals surface area contributed by atoms with Gasteiger partial charge < -0.3 is 15.0 Å². The third kappa shape index (κ3) is 5.72. The second kappa shape index (κ2) is 10.1. The Morgan fingerprint density at radius 3 is 2.24 bits per heavy atom. The molecule has 1 aromatic carbocycles. The fourth-order valence-corrected chi connectivity index (χ4v) is 4.57. The summed E-state index contributed by atoms with van der Waals surface area (Å²) in [5, 5.41) is 3.11. The van der Waals surface area contributed by atoms with Gasteiger partial charge in [0.25, 0.3) is 0 Å². The maximum absolute atomic E-state index is 13.2. The molecule has 0 bridgehead atoms. The van der Waals surface area contributed by atoms with Crippen molar-refractivity contribution in [3.05, 3.63) is 24.3 Å². The van der Waals surface area contributed by atoms with Gasteiger partial charge >= 0.3 is 0 Å². The van der Waals surface area contributed by atoms with E-state index in [0.29, 0.717) is 31.3 Å². The first-order chi connectivity index (χ1) is 14.0. The molecule has 0 radical (unpaired) electrons. The fourth-order valence-electron chi connectivity index (χ4n) is 4.57. The van der Waals surface area contributed by atoms with Crippen LogP contribution in [0.3, 0.4) is 0 Å². The average Bonchev–Trinajstić information content (AvgIpc) is 3.23. The van der Waals surface area contributed by atoms with E-state index in [9.17, 15) is 9.59 Å². The molecule has 6 heteroatoms. The molecule has 1 heterocycles. The van der Waals surface area contributed by atoms with E-state index in [1.165, 1.54) is 12.8 Å². The maximum atomic E-state index is 13.2. The van der Waals surface area contributed by atoms with Crippen LogP contribution < -0.4 is 10.1 Å². The highest BCUT2D eigenvalue weighted by Gasteiger charge is 2.37.